The Kier molecular flexibility index (Phi) is 5.41. The molecule has 88 valence electrons. The van der Waals surface area contributed by atoms with Crippen LogP contribution in [0.2, 0.25) is 0 Å². The van der Waals surface area contributed by atoms with Gasteiger partial charge < -0.3 is 24.0 Å². The number of likely N-dealkylation sites (tertiary alicyclic amines) is 1. The summed E-state index contributed by atoms with van der Waals surface area (Å²) in [7, 11) is 2.21. The summed E-state index contributed by atoms with van der Waals surface area (Å²) in [5.74, 6) is 0. The van der Waals surface area contributed by atoms with Gasteiger partial charge in [0.25, 0.3) is 0 Å². The van der Waals surface area contributed by atoms with Crippen molar-refractivity contribution in [2.75, 3.05) is 13.6 Å². The standard InChI is InChI=1S/C13H19N2.HI/c1-3-8-15-10-4-6-12(11-15)13-7-5-9-14(13)2;/h3-4,6,10-11,13H,1,5,7-9H2,2H3;1H/q+1;/p-1/t13-;/m0./s1. The normalized spacial score (nSPS) is 20.4. The number of aromatic nitrogens is 1. The van der Waals surface area contributed by atoms with Gasteiger partial charge in [0, 0.05) is 17.7 Å². The minimum Gasteiger partial charge on any atom is -1.00 e. The van der Waals surface area contributed by atoms with Crippen LogP contribution >= 0.6 is 0 Å². The molecule has 0 N–H and O–H groups in total. The maximum atomic E-state index is 3.77. The van der Waals surface area contributed by atoms with E-state index in [9.17, 15) is 0 Å². The van der Waals surface area contributed by atoms with Crippen LogP contribution in [0.1, 0.15) is 24.4 Å². The summed E-state index contributed by atoms with van der Waals surface area (Å²) in [6.45, 7) is 5.88. The predicted octanol–water partition coefficient (Wildman–Crippen LogP) is -1.07. The van der Waals surface area contributed by atoms with Gasteiger partial charge in [0.15, 0.2) is 18.9 Å². The second kappa shape index (κ2) is 6.35. The summed E-state index contributed by atoms with van der Waals surface area (Å²) in [6, 6.07) is 4.97. The van der Waals surface area contributed by atoms with Crippen LogP contribution in [-0.2, 0) is 6.54 Å². The van der Waals surface area contributed by atoms with E-state index in [1.54, 1.807) is 0 Å². The second-order valence-corrected chi connectivity index (χ2v) is 4.26. The van der Waals surface area contributed by atoms with Gasteiger partial charge in [0.05, 0.1) is 0 Å². The molecule has 16 heavy (non-hydrogen) atoms. The summed E-state index contributed by atoms with van der Waals surface area (Å²) in [6.07, 6.45) is 8.88. The van der Waals surface area contributed by atoms with Gasteiger partial charge >= 0.3 is 0 Å². The highest BCUT2D eigenvalue weighted by Gasteiger charge is 2.23. The van der Waals surface area contributed by atoms with Crippen molar-refractivity contribution in [1.82, 2.24) is 4.90 Å². The lowest BCUT2D eigenvalue weighted by atomic mass is 10.1. The lowest BCUT2D eigenvalue weighted by Gasteiger charge is -2.18. The van der Waals surface area contributed by atoms with Gasteiger partial charge in [-0.3, -0.25) is 4.90 Å². The van der Waals surface area contributed by atoms with E-state index in [4.69, 9.17) is 0 Å². The van der Waals surface area contributed by atoms with Crippen LogP contribution in [-0.4, -0.2) is 18.5 Å². The monoisotopic (exact) mass is 330 g/mol. The van der Waals surface area contributed by atoms with Crippen LogP contribution in [0.25, 0.3) is 0 Å². The molecular formula is C13H19IN2. The Labute approximate surface area is 115 Å². The Balaban J connectivity index is 0.00000128. The van der Waals surface area contributed by atoms with E-state index < -0.39 is 0 Å². The van der Waals surface area contributed by atoms with Crippen molar-refractivity contribution < 1.29 is 28.5 Å². The lowest BCUT2D eigenvalue weighted by Crippen LogP contribution is -3.00. The molecule has 1 aliphatic rings. The van der Waals surface area contributed by atoms with Gasteiger partial charge in [-0.1, -0.05) is 6.58 Å². The molecular weight excluding hydrogens is 311 g/mol. The van der Waals surface area contributed by atoms with E-state index in [0.717, 1.165) is 6.54 Å². The van der Waals surface area contributed by atoms with Gasteiger partial charge in [-0.25, -0.2) is 4.57 Å². The van der Waals surface area contributed by atoms with Crippen molar-refractivity contribution in [2.24, 2.45) is 0 Å². The van der Waals surface area contributed by atoms with Crippen molar-refractivity contribution in [2.45, 2.75) is 25.4 Å². The van der Waals surface area contributed by atoms with Crippen LogP contribution in [0, 0.1) is 0 Å². The molecule has 2 rings (SSSR count). The fraction of sp³-hybridized carbons (Fsp3) is 0.462. The van der Waals surface area contributed by atoms with Crippen molar-refractivity contribution in [3.63, 3.8) is 0 Å². The molecule has 0 saturated carbocycles. The molecule has 1 aromatic heterocycles. The van der Waals surface area contributed by atoms with Crippen LogP contribution in [0.5, 0.6) is 0 Å². The topological polar surface area (TPSA) is 7.12 Å². The molecule has 1 saturated heterocycles. The molecule has 1 atom stereocenters. The predicted molar refractivity (Wildman–Crippen MR) is 61.4 cm³/mol. The quantitative estimate of drug-likeness (QED) is 0.389. The largest absolute Gasteiger partial charge is 1.00 e. The minimum atomic E-state index is 0. The highest BCUT2D eigenvalue weighted by Crippen LogP contribution is 2.29. The van der Waals surface area contributed by atoms with Gasteiger partial charge in [-0.05, 0) is 38.6 Å². The number of halogens is 1. The van der Waals surface area contributed by atoms with Crippen LogP contribution in [0.3, 0.4) is 0 Å². The first-order valence-electron chi connectivity index (χ1n) is 5.61. The average Bonchev–Trinajstić information content (AvgIpc) is 2.65. The Morgan fingerprint density at radius 3 is 3.06 bits per heavy atom. The first-order valence-corrected chi connectivity index (χ1v) is 5.61. The molecule has 0 spiro atoms. The Bertz CT molecular complexity index is 352. The highest BCUT2D eigenvalue weighted by atomic mass is 127. The van der Waals surface area contributed by atoms with E-state index >= 15 is 0 Å². The Morgan fingerprint density at radius 1 is 1.62 bits per heavy atom. The van der Waals surface area contributed by atoms with Crippen molar-refractivity contribution in [3.8, 4) is 0 Å². The second-order valence-electron chi connectivity index (χ2n) is 4.26. The van der Waals surface area contributed by atoms with Crippen LogP contribution in [0.4, 0.5) is 0 Å². The van der Waals surface area contributed by atoms with Gasteiger partial charge in [0.1, 0.15) is 0 Å². The summed E-state index contributed by atoms with van der Waals surface area (Å²) in [5, 5.41) is 0. The zero-order valence-electron chi connectivity index (χ0n) is 9.77. The molecule has 1 aliphatic heterocycles. The lowest BCUT2D eigenvalue weighted by molar-refractivity contribution is -0.687. The van der Waals surface area contributed by atoms with E-state index in [-0.39, 0.29) is 24.0 Å². The third kappa shape index (κ3) is 3.04. The zero-order chi connectivity index (χ0) is 10.7. The molecule has 2 heterocycles. The SMILES string of the molecule is C=CC[n+]1cccc([C@@H]2CCCN2C)c1.[I-]. The van der Waals surface area contributed by atoms with Crippen molar-refractivity contribution in [1.29, 1.82) is 0 Å². The number of hydrogen-bond acceptors (Lipinski definition) is 1. The minimum absolute atomic E-state index is 0. The highest BCUT2D eigenvalue weighted by molar-refractivity contribution is 5.12. The summed E-state index contributed by atoms with van der Waals surface area (Å²) in [4.78, 5) is 2.44. The third-order valence-corrected chi connectivity index (χ3v) is 3.13. The van der Waals surface area contributed by atoms with E-state index in [1.807, 2.05) is 6.08 Å². The van der Waals surface area contributed by atoms with Crippen molar-refractivity contribution >= 4 is 0 Å². The third-order valence-electron chi connectivity index (χ3n) is 3.13. The van der Waals surface area contributed by atoms with Crippen LogP contribution < -0.4 is 28.5 Å². The first kappa shape index (κ1) is 13.6. The molecule has 0 aliphatic carbocycles. The smallest absolute Gasteiger partial charge is 0.173 e. The molecule has 2 nitrogen and oxygen atoms in total. The van der Waals surface area contributed by atoms with Gasteiger partial charge in [0.2, 0.25) is 0 Å². The van der Waals surface area contributed by atoms with Crippen LogP contribution in [0.15, 0.2) is 37.2 Å². The summed E-state index contributed by atoms with van der Waals surface area (Å²) < 4.78 is 2.19. The molecule has 3 heteroatoms. The Hall–Kier alpha value is -0.420. The number of allylic oxidation sites excluding steroid dienone is 1. The molecule has 0 amide bonds. The number of hydrogen-bond donors (Lipinski definition) is 0. The van der Waals surface area contributed by atoms with E-state index in [2.05, 4.69) is 47.6 Å². The fourth-order valence-electron chi connectivity index (χ4n) is 2.33. The molecule has 0 radical (unpaired) electrons. The van der Waals surface area contributed by atoms with E-state index in [0.29, 0.717) is 6.04 Å². The number of nitrogens with zero attached hydrogens (tertiary/aromatic N) is 2. The molecule has 1 fully saturated rings. The number of pyridine rings is 1. The fourth-order valence-corrected chi connectivity index (χ4v) is 2.33. The van der Waals surface area contributed by atoms with Crippen molar-refractivity contribution in [3.05, 3.63) is 42.7 Å². The maximum absolute atomic E-state index is 3.77. The van der Waals surface area contributed by atoms with E-state index in [1.165, 1.54) is 24.9 Å². The van der Waals surface area contributed by atoms with Gasteiger partial charge in [-0.15, -0.1) is 0 Å². The molecule has 0 unspecified atom stereocenters. The average molecular weight is 330 g/mol. The maximum Gasteiger partial charge on any atom is 0.173 e. The molecule has 0 aromatic carbocycles. The number of rotatable bonds is 3. The Morgan fingerprint density at radius 2 is 2.44 bits per heavy atom. The zero-order valence-corrected chi connectivity index (χ0v) is 11.9. The summed E-state index contributed by atoms with van der Waals surface area (Å²) in [5.41, 5.74) is 1.43. The molecule has 1 aromatic rings. The summed E-state index contributed by atoms with van der Waals surface area (Å²) >= 11 is 0. The van der Waals surface area contributed by atoms with Gasteiger partial charge in [-0.2, -0.15) is 0 Å². The first-order chi connectivity index (χ1) is 7.31. The molecule has 0 bridgehead atoms.